The minimum absolute atomic E-state index is 0.691. The van der Waals surface area contributed by atoms with Crippen LogP contribution in [0.3, 0.4) is 0 Å². The molecule has 2 atom stereocenters. The molecule has 2 heteroatoms. The van der Waals surface area contributed by atoms with Crippen molar-refractivity contribution >= 4 is 11.4 Å². The van der Waals surface area contributed by atoms with Crippen LogP contribution in [-0.2, 0) is 0 Å². The van der Waals surface area contributed by atoms with Crippen molar-refractivity contribution in [1.82, 2.24) is 0 Å². The predicted molar refractivity (Wildman–Crippen MR) is 87.7 cm³/mol. The van der Waals surface area contributed by atoms with E-state index in [0.717, 1.165) is 5.92 Å². The Morgan fingerprint density at radius 2 is 1.95 bits per heavy atom. The fourth-order valence-corrected chi connectivity index (χ4v) is 3.90. The van der Waals surface area contributed by atoms with Gasteiger partial charge in [0.2, 0.25) is 0 Å². The lowest BCUT2D eigenvalue weighted by atomic mass is 10.00. The van der Waals surface area contributed by atoms with E-state index in [9.17, 15) is 0 Å². The third-order valence-electron chi connectivity index (χ3n) is 5.21. The zero-order valence-corrected chi connectivity index (χ0v) is 13.0. The van der Waals surface area contributed by atoms with Crippen LogP contribution < -0.4 is 10.2 Å². The summed E-state index contributed by atoms with van der Waals surface area (Å²) in [4.78, 5) is 2.52. The summed E-state index contributed by atoms with van der Waals surface area (Å²) >= 11 is 0. The van der Waals surface area contributed by atoms with Gasteiger partial charge >= 0.3 is 0 Å². The highest BCUT2D eigenvalue weighted by molar-refractivity contribution is 5.61. The van der Waals surface area contributed by atoms with Gasteiger partial charge in [-0.3, -0.25) is 0 Å². The average molecular weight is 272 g/mol. The van der Waals surface area contributed by atoms with Crippen LogP contribution in [0.25, 0.3) is 0 Å². The number of hydrogen-bond donors (Lipinski definition) is 1. The molecule has 2 nitrogen and oxygen atoms in total. The molecule has 0 bridgehead atoms. The van der Waals surface area contributed by atoms with Crippen LogP contribution in [0.4, 0.5) is 11.4 Å². The Morgan fingerprint density at radius 1 is 1.15 bits per heavy atom. The topological polar surface area (TPSA) is 15.3 Å². The molecule has 110 valence electrons. The molecular formula is C18H28N2. The minimum atomic E-state index is 0.691. The summed E-state index contributed by atoms with van der Waals surface area (Å²) in [7, 11) is 0. The molecule has 1 N–H and O–H groups in total. The predicted octanol–water partition coefficient (Wildman–Crippen LogP) is 4.59. The van der Waals surface area contributed by atoms with Gasteiger partial charge in [-0.15, -0.1) is 0 Å². The average Bonchev–Trinajstić information content (AvgIpc) is 3.11. The van der Waals surface area contributed by atoms with Gasteiger partial charge in [-0.2, -0.15) is 0 Å². The Bertz CT molecular complexity index is 449. The van der Waals surface area contributed by atoms with Gasteiger partial charge < -0.3 is 10.2 Å². The van der Waals surface area contributed by atoms with Gasteiger partial charge in [-0.05, 0) is 62.3 Å². The van der Waals surface area contributed by atoms with Gasteiger partial charge in [0, 0.05) is 30.5 Å². The smallest absolute Gasteiger partial charge is 0.0373 e. The molecule has 0 aromatic heterocycles. The highest BCUT2D eigenvalue weighted by atomic mass is 15.1. The first-order valence-corrected chi connectivity index (χ1v) is 8.40. The summed E-state index contributed by atoms with van der Waals surface area (Å²) in [5.74, 6) is 0.868. The molecule has 3 rings (SSSR count). The molecule has 2 unspecified atom stereocenters. The maximum absolute atomic E-state index is 3.81. The van der Waals surface area contributed by atoms with E-state index in [4.69, 9.17) is 0 Å². The largest absolute Gasteiger partial charge is 0.382 e. The van der Waals surface area contributed by atoms with Crippen molar-refractivity contribution in [2.24, 2.45) is 5.92 Å². The summed E-state index contributed by atoms with van der Waals surface area (Å²) in [5.41, 5.74) is 4.15. The van der Waals surface area contributed by atoms with Gasteiger partial charge in [0.1, 0.15) is 0 Å². The van der Waals surface area contributed by atoms with Gasteiger partial charge in [-0.1, -0.05) is 19.8 Å². The molecular weight excluding hydrogens is 244 g/mol. The maximum atomic E-state index is 3.81. The van der Waals surface area contributed by atoms with Crippen molar-refractivity contribution in [3.63, 3.8) is 0 Å². The summed E-state index contributed by atoms with van der Waals surface area (Å²) in [6, 6.07) is 7.66. The lowest BCUT2D eigenvalue weighted by Gasteiger charge is -2.24. The fraction of sp³-hybridized carbons (Fsp3) is 0.667. The van der Waals surface area contributed by atoms with E-state index >= 15 is 0 Å². The molecule has 0 amide bonds. The number of nitrogens with one attached hydrogen (secondary N) is 1. The fourth-order valence-electron chi connectivity index (χ4n) is 3.90. The number of aryl methyl sites for hydroxylation is 1. The third kappa shape index (κ3) is 2.79. The molecule has 1 aliphatic heterocycles. The molecule has 1 saturated carbocycles. The molecule has 1 aromatic rings. The molecule has 2 fully saturated rings. The number of anilines is 2. The second-order valence-corrected chi connectivity index (χ2v) is 6.54. The van der Waals surface area contributed by atoms with E-state index in [1.54, 1.807) is 0 Å². The Morgan fingerprint density at radius 3 is 2.65 bits per heavy atom. The van der Waals surface area contributed by atoms with Crippen molar-refractivity contribution in [2.75, 3.05) is 23.3 Å². The van der Waals surface area contributed by atoms with Crippen molar-refractivity contribution in [3.05, 3.63) is 23.8 Å². The summed E-state index contributed by atoms with van der Waals surface area (Å²) in [5, 5.41) is 3.81. The van der Waals surface area contributed by atoms with Crippen LogP contribution in [0.15, 0.2) is 18.2 Å². The van der Waals surface area contributed by atoms with Crippen LogP contribution in [-0.4, -0.2) is 19.1 Å². The van der Waals surface area contributed by atoms with Gasteiger partial charge in [0.25, 0.3) is 0 Å². The molecule has 1 aliphatic carbocycles. The first-order valence-electron chi connectivity index (χ1n) is 8.40. The van der Waals surface area contributed by atoms with Crippen molar-refractivity contribution in [1.29, 1.82) is 0 Å². The van der Waals surface area contributed by atoms with E-state index in [1.165, 1.54) is 68.6 Å². The molecule has 1 saturated heterocycles. The molecule has 2 aliphatic rings. The SMILES string of the molecule is CCC1CCCC1Nc1ccc(N2CCCC2)cc1C. The lowest BCUT2D eigenvalue weighted by Crippen LogP contribution is -2.24. The number of benzene rings is 1. The maximum Gasteiger partial charge on any atom is 0.0373 e. The quantitative estimate of drug-likeness (QED) is 0.862. The third-order valence-corrected chi connectivity index (χ3v) is 5.21. The highest BCUT2D eigenvalue weighted by Gasteiger charge is 2.25. The Labute approximate surface area is 123 Å². The van der Waals surface area contributed by atoms with E-state index in [-0.39, 0.29) is 0 Å². The van der Waals surface area contributed by atoms with E-state index in [2.05, 4.69) is 42.3 Å². The highest BCUT2D eigenvalue weighted by Crippen LogP contribution is 2.32. The zero-order valence-electron chi connectivity index (χ0n) is 13.0. The normalized spacial score (nSPS) is 26.2. The van der Waals surface area contributed by atoms with Crippen LogP contribution in [0, 0.1) is 12.8 Å². The lowest BCUT2D eigenvalue weighted by molar-refractivity contribution is 0.489. The van der Waals surface area contributed by atoms with Gasteiger partial charge in [-0.25, -0.2) is 0 Å². The van der Waals surface area contributed by atoms with Crippen LogP contribution >= 0.6 is 0 Å². The minimum Gasteiger partial charge on any atom is -0.382 e. The standard InChI is InChI=1S/C18H28N2/c1-3-15-7-6-8-18(15)19-17-10-9-16(13-14(17)2)20-11-4-5-12-20/h9-10,13,15,18-19H,3-8,11-12H2,1-2H3. The molecule has 0 spiro atoms. The molecule has 0 radical (unpaired) electrons. The molecule has 1 heterocycles. The van der Waals surface area contributed by atoms with Crippen LogP contribution in [0.1, 0.15) is 51.0 Å². The summed E-state index contributed by atoms with van der Waals surface area (Å²) in [6.07, 6.45) is 8.13. The Balaban J connectivity index is 1.70. The van der Waals surface area contributed by atoms with Crippen molar-refractivity contribution < 1.29 is 0 Å². The van der Waals surface area contributed by atoms with E-state index in [0.29, 0.717) is 6.04 Å². The monoisotopic (exact) mass is 272 g/mol. The first kappa shape index (κ1) is 13.8. The van der Waals surface area contributed by atoms with E-state index < -0.39 is 0 Å². The summed E-state index contributed by atoms with van der Waals surface area (Å²) < 4.78 is 0. The number of rotatable bonds is 4. The Kier molecular flexibility index (Phi) is 4.18. The Hall–Kier alpha value is -1.18. The number of hydrogen-bond acceptors (Lipinski definition) is 2. The van der Waals surface area contributed by atoms with Crippen molar-refractivity contribution in [2.45, 2.75) is 58.4 Å². The molecule has 20 heavy (non-hydrogen) atoms. The second-order valence-electron chi connectivity index (χ2n) is 6.54. The van der Waals surface area contributed by atoms with Crippen LogP contribution in [0.5, 0.6) is 0 Å². The first-order chi connectivity index (χ1) is 9.78. The molecule has 1 aromatic carbocycles. The van der Waals surface area contributed by atoms with Crippen LogP contribution in [0.2, 0.25) is 0 Å². The zero-order chi connectivity index (χ0) is 13.9. The number of nitrogens with zero attached hydrogens (tertiary/aromatic N) is 1. The van der Waals surface area contributed by atoms with E-state index in [1.807, 2.05) is 0 Å². The summed E-state index contributed by atoms with van der Waals surface area (Å²) in [6.45, 7) is 7.03. The second kappa shape index (κ2) is 6.07. The van der Waals surface area contributed by atoms with Crippen molar-refractivity contribution in [3.8, 4) is 0 Å². The van der Waals surface area contributed by atoms with Gasteiger partial charge in [0.05, 0.1) is 0 Å². The van der Waals surface area contributed by atoms with Gasteiger partial charge in [0.15, 0.2) is 0 Å².